The van der Waals surface area contributed by atoms with Gasteiger partial charge in [0.05, 0.1) is 4.92 Å². The number of nitro benzene ring substituents is 1. The number of benzene rings is 1. The van der Waals surface area contributed by atoms with Gasteiger partial charge < -0.3 is 4.84 Å². The molecule has 0 aliphatic rings. The Hall–Kier alpha value is -2.42. The Bertz CT molecular complexity index is 448. The molecule has 0 saturated carbocycles. The molecule has 0 aliphatic heterocycles. The first-order chi connectivity index (χ1) is 7.19. The molecule has 6 heteroatoms. The summed E-state index contributed by atoms with van der Waals surface area (Å²) < 4.78 is 0. The van der Waals surface area contributed by atoms with Crippen LogP contribution in [-0.2, 0) is 4.84 Å². The molecular formula is C9H7N3O3. The summed E-state index contributed by atoms with van der Waals surface area (Å²) in [5.74, 6) is 0. The van der Waals surface area contributed by atoms with Crippen molar-refractivity contribution in [2.45, 2.75) is 0 Å². The molecule has 0 atom stereocenters. The van der Waals surface area contributed by atoms with E-state index in [4.69, 9.17) is 5.26 Å². The van der Waals surface area contributed by atoms with E-state index in [1.54, 1.807) is 12.1 Å². The molecule has 6 nitrogen and oxygen atoms in total. The SMILES string of the molecule is CO/N=C(\C#N)c1cccc([N+](=O)[O-])c1. The topological polar surface area (TPSA) is 88.5 Å². The van der Waals surface area contributed by atoms with Gasteiger partial charge in [0.15, 0.2) is 5.71 Å². The summed E-state index contributed by atoms with van der Waals surface area (Å²) in [5, 5.41) is 22.6. The molecule has 15 heavy (non-hydrogen) atoms. The molecule has 0 amide bonds. The fourth-order valence-electron chi connectivity index (χ4n) is 0.996. The van der Waals surface area contributed by atoms with Crippen LogP contribution in [0.2, 0.25) is 0 Å². The summed E-state index contributed by atoms with van der Waals surface area (Å²) in [5.41, 5.74) is 0.265. The lowest BCUT2D eigenvalue weighted by Gasteiger charge is -1.96. The highest BCUT2D eigenvalue weighted by molar-refractivity contribution is 6.11. The monoisotopic (exact) mass is 205 g/mol. The first-order valence-electron chi connectivity index (χ1n) is 3.95. The average molecular weight is 205 g/mol. The Morgan fingerprint density at radius 3 is 2.93 bits per heavy atom. The van der Waals surface area contributed by atoms with Gasteiger partial charge >= 0.3 is 0 Å². The van der Waals surface area contributed by atoms with Crippen molar-refractivity contribution in [2.24, 2.45) is 5.16 Å². The van der Waals surface area contributed by atoms with E-state index in [9.17, 15) is 10.1 Å². The number of hydrogen-bond acceptors (Lipinski definition) is 5. The summed E-state index contributed by atoms with van der Waals surface area (Å²) in [6.07, 6.45) is 0. The number of nitro groups is 1. The number of hydrogen-bond donors (Lipinski definition) is 0. The molecule has 1 aromatic rings. The minimum Gasteiger partial charge on any atom is -0.398 e. The molecule has 0 radical (unpaired) electrons. The molecule has 0 heterocycles. The summed E-state index contributed by atoms with van der Waals surface area (Å²) in [7, 11) is 1.30. The van der Waals surface area contributed by atoms with Crippen molar-refractivity contribution in [3.63, 3.8) is 0 Å². The zero-order valence-electron chi connectivity index (χ0n) is 7.88. The number of nitriles is 1. The molecule has 0 bridgehead atoms. The van der Waals surface area contributed by atoms with Gasteiger partial charge in [0.2, 0.25) is 0 Å². The van der Waals surface area contributed by atoms with Crippen LogP contribution < -0.4 is 0 Å². The molecule has 0 unspecified atom stereocenters. The Morgan fingerprint density at radius 1 is 1.67 bits per heavy atom. The van der Waals surface area contributed by atoms with Crippen molar-refractivity contribution in [2.75, 3.05) is 7.11 Å². The maximum Gasteiger partial charge on any atom is 0.270 e. The van der Waals surface area contributed by atoms with Crippen LogP contribution in [0.15, 0.2) is 29.4 Å². The quantitative estimate of drug-likeness (QED) is 0.424. The van der Waals surface area contributed by atoms with E-state index in [-0.39, 0.29) is 11.4 Å². The lowest BCUT2D eigenvalue weighted by Crippen LogP contribution is -1.99. The van der Waals surface area contributed by atoms with Gasteiger partial charge in [-0.1, -0.05) is 17.3 Å². The maximum atomic E-state index is 10.5. The van der Waals surface area contributed by atoms with Crippen LogP contribution in [0.3, 0.4) is 0 Å². The molecule has 0 fully saturated rings. The second-order valence-corrected chi connectivity index (χ2v) is 2.54. The van der Waals surface area contributed by atoms with Crippen LogP contribution >= 0.6 is 0 Å². The van der Waals surface area contributed by atoms with Gasteiger partial charge in [-0.05, 0) is 0 Å². The average Bonchev–Trinajstić information content (AvgIpc) is 2.26. The standard InChI is InChI=1S/C9H7N3O3/c1-15-11-9(6-10)7-3-2-4-8(5-7)12(13)14/h2-5H,1H3/b11-9+. The molecule has 0 N–H and O–H groups in total. The third-order valence-electron chi connectivity index (χ3n) is 1.62. The van der Waals surface area contributed by atoms with E-state index in [1.807, 2.05) is 0 Å². The highest BCUT2D eigenvalue weighted by atomic mass is 16.6. The van der Waals surface area contributed by atoms with Crippen molar-refractivity contribution in [3.05, 3.63) is 39.9 Å². The minimum absolute atomic E-state index is 0.00111. The van der Waals surface area contributed by atoms with E-state index >= 15 is 0 Å². The summed E-state index contributed by atoms with van der Waals surface area (Å²) in [6.45, 7) is 0. The third kappa shape index (κ3) is 2.51. The Balaban J connectivity index is 3.16. The second kappa shape index (κ2) is 4.72. The van der Waals surface area contributed by atoms with Gasteiger partial charge in [0.25, 0.3) is 5.69 Å². The Labute approximate surface area is 85.5 Å². The Morgan fingerprint density at radius 2 is 2.40 bits per heavy atom. The predicted molar refractivity (Wildman–Crippen MR) is 52.3 cm³/mol. The number of non-ortho nitro benzene ring substituents is 1. The highest BCUT2D eigenvalue weighted by Gasteiger charge is 2.09. The molecule has 0 spiro atoms. The smallest absolute Gasteiger partial charge is 0.270 e. The van der Waals surface area contributed by atoms with Crippen molar-refractivity contribution in [1.82, 2.24) is 0 Å². The molecular weight excluding hydrogens is 198 g/mol. The van der Waals surface area contributed by atoms with Crippen LogP contribution in [0.1, 0.15) is 5.56 Å². The van der Waals surface area contributed by atoms with E-state index in [0.717, 1.165) is 0 Å². The van der Waals surface area contributed by atoms with Crippen LogP contribution in [0.5, 0.6) is 0 Å². The number of nitrogens with zero attached hydrogens (tertiary/aromatic N) is 3. The van der Waals surface area contributed by atoms with Crippen molar-refractivity contribution >= 4 is 11.4 Å². The van der Waals surface area contributed by atoms with E-state index in [0.29, 0.717) is 5.56 Å². The van der Waals surface area contributed by atoms with Gasteiger partial charge in [0.1, 0.15) is 13.2 Å². The van der Waals surface area contributed by atoms with Crippen LogP contribution in [0.25, 0.3) is 0 Å². The zero-order chi connectivity index (χ0) is 11.3. The lowest BCUT2D eigenvalue weighted by atomic mass is 10.1. The third-order valence-corrected chi connectivity index (χ3v) is 1.62. The molecule has 0 saturated heterocycles. The fourth-order valence-corrected chi connectivity index (χ4v) is 0.996. The normalized spacial score (nSPS) is 10.5. The molecule has 0 aromatic heterocycles. The number of oxime groups is 1. The summed E-state index contributed by atoms with van der Waals surface area (Å²) >= 11 is 0. The van der Waals surface area contributed by atoms with Gasteiger partial charge in [0, 0.05) is 17.7 Å². The van der Waals surface area contributed by atoms with Gasteiger partial charge in [-0.3, -0.25) is 10.1 Å². The fraction of sp³-hybridized carbons (Fsp3) is 0.111. The first kappa shape index (κ1) is 10.7. The maximum absolute atomic E-state index is 10.5. The lowest BCUT2D eigenvalue weighted by molar-refractivity contribution is -0.384. The second-order valence-electron chi connectivity index (χ2n) is 2.54. The molecule has 76 valence electrons. The van der Waals surface area contributed by atoms with E-state index in [2.05, 4.69) is 9.99 Å². The van der Waals surface area contributed by atoms with Crippen molar-refractivity contribution < 1.29 is 9.76 Å². The van der Waals surface area contributed by atoms with Gasteiger partial charge in [-0.25, -0.2) is 0 Å². The highest BCUT2D eigenvalue weighted by Crippen LogP contribution is 2.13. The number of rotatable bonds is 3. The molecule has 0 aliphatic carbocycles. The van der Waals surface area contributed by atoms with E-state index in [1.165, 1.54) is 25.3 Å². The Kier molecular flexibility index (Phi) is 3.35. The zero-order valence-corrected chi connectivity index (χ0v) is 7.88. The van der Waals surface area contributed by atoms with Crippen LogP contribution in [0, 0.1) is 21.4 Å². The van der Waals surface area contributed by atoms with Crippen LogP contribution in [-0.4, -0.2) is 17.7 Å². The van der Waals surface area contributed by atoms with Crippen LogP contribution in [0.4, 0.5) is 5.69 Å². The predicted octanol–water partition coefficient (Wildman–Crippen LogP) is 1.47. The largest absolute Gasteiger partial charge is 0.398 e. The first-order valence-corrected chi connectivity index (χ1v) is 3.95. The van der Waals surface area contributed by atoms with Gasteiger partial charge in [-0.2, -0.15) is 5.26 Å². The summed E-state index contributed by atoms with van der Waals surface area (Å²) in [4.78, 5) is 14.4. The van der Waals surface area contributed by atoms with Gasteiger partial charge in [-0.15, -0.1) is 0 Å². The summed E-state index contributed by atoms with van der Waals surface area (Å²) in [6, 6.07) is 7.42. The molecule has 1 aromatic carbocycles. The van der Waals surface area contributed by atoms with Crippen molar-refractivity contribution in [3.8, 4) is 6.07 Å². The minimum atomic E-state index is -0.536. The van der Waals surface area contributed by atoms with Crippen molar-refractivity contribution in [1.29, 1.82) is 5.26 Å². The molecule has 1 rings (SSSR count). The van der Waals surface area contributed by atoms with E-state index < -0.39 is 4.92 Å².